The highest BCUT2D eigenvalue weighted by atomic mass is 16.5. The van der Waals surface area contributed by atoms with Crippen LogP contribution in [0.4, 0.5) is 5.69 Å². The Balaban J connectivity index is 1.62. The maximum Gasteiger partial charge on any atom is 0.338 e. The number of rotatable bonds is 5. The largest absolute Gasteiger partial charge is 0.482 e. The van der Waals surface area contributed by atoms with Gasteiger partial charge in [0, 0.05) is 5.56 Å². The molecule has 1 aliphatic rings. The van der Waals surface area contributed by atoms with Crippen molar-refractivity contribution >= 4 is 23.3 Å². The van der Waals surface area contributed by atoms with E-state index in [0.29, 0.717) is 28.5 Å². The van der Waals surface area contributed by atoms with Crippen LogP contribution in [-0.2, 0) is 9.53 Å². The van der Waals surface area contributed by atoms with E-state index in [4.69, 9.17) is 9.47 Å². The molecular formula is C20H19NO5. The lowest BCUT2D eigenvalue weighted by atomic mass is 10.0. The van der Waals surface area contributed by atoms with Crippen LogP contribution in [0.15, 0.2) is 42.5 Å². The summed E-state index contributed by atoms with van der Waals surface area (Å²) in [6.07, 6.45) is 0. The van der Waals surface area contributed by atoms with Gasteiger partial charge in [0.2, 0.25) is 0 Å². The maximum atomic E-state index is 12.3. The van der Waals surface area contributed by atoms with E-state index in [0.717, 1.165) is 5.56 Å². The Morgan fingerprint density at radius 3 is 2.50 bits per heavy atom. The van der Waals surface area contributed by atoms with Crippen LogP contribution in [0.25, 0.3) is 0 Å². The highest BCUT2D eigenvalue weighted by molar-refractivity contribution is 6.02. The number of carbonyl (C=O) groups excluding carboxylic acids is 3. The molecule has 0 aromatic heterocycles. The van der Waals surface area contributed by atoms with Crippen LogP contribution >= 0.6 is 0 Å². The fraction of sp³-hybridized carbons (Fsp3) is 0.250. The second-order valence-electron chi connectivity index (χ2n) is 6.32. The van der Waals surface area contributed by atoms with Gasteiger partial charge in [-0.15, -0.1) is 0 Å². The summed E-state index contributed by atoms with van der Waals surface area (Å²) in [4.78, 5) is 35.7. The van der Waals surface area contributed by atoms with E-state index < -0.39 is 5.97 Å². The molecular weight excluding hydrogens is 334 g/mol. The van der Waals surface area contributed by atoms with Crippen LogP contribution in [0.1, 0.15) is 46.0 Å². The van der Waals surface area contributed by atoms with Gasteiger partial charge in [-0.25, -0.2) is 4.79 Å². The van der Waals surface area contributed by atoms with Gasteiger partial charge in [-0.1, -0.05) is 26.0 Å². The molecule has 2 aromatic carbocycles. The number of hydrogen-bond donors (Lipinski definition) is 1. The molecule has 26 heavy (non-hydrogen) atoms. The molecule has 134 valence electrons. The predicted molar refractivity (Wildman–Crippen MR) is 95.7 cm³/mol. The second-order valence-corrected chi connectivity index (χ2v) is 6.32. The minimum absolute atomic E-state index is 0.0481. The highest BCUT2D eigenvalue weighted by Gasteiger charge is 2.18. The number of hydrogen-bond acceptors (Lipinski definition) is 5. The molecule has 6 nitrogen and oxygen atoms in total. The molecule has 0 saturated carbocycles. The van der Waals surface area contributed by atoms with Crippen molar-refractivity contribution in [3.63, 3.8) is 0 Å². The molecule has 0 aliphatic carbocycles. The van der Waals surface area contributed by atoms with E-state index in [1.54, 1.807) is 24.3 Å². The van der Waals surface area contributed by atoms with Crippen molar-refractivity contribution in [2.75, 3.05) is 18.5 Å². The number of carbonyl (C=O) groups is 3. The Labute approximate surface area is 151 Å². The van der Waals surface area contributed by atoms with Gasteiger partial charge < -0.3 is 14.8 Å². The van der Waals surface area contributed by atoms with Crippen LogP contribution < -0.4 is 10.1 Å². The molecule has 0 fully saturated rings. The fourth-order valence-corrected chi connectivity index (χ4v) is 2.56. The number of benzene rings is 2. The minimum Gasteiger partial charge on any atom is -0.482 e. The minimum atomic E-state index is -0.553. The van der Waals surface area contributed by atoms with Crippen molar-refractivity contribution in [3.05, 3.63) is 59.2 Å². The van der Waals surface area contributed by atoms with Gasteiger partial charge in [0.25, 0.3) is 5.91 Å². The quantitative estimate of drug-likeness (QED) is 0.659. The SMILES string of the molecule is CC(C)c1ccc(C(=O)OCC(=O)c2ccc3c(c2)NC(=O)CO3)cc1. The standard InChI is InChI=1S/C20H19NO5/c1-12(2)13-3-5-14(6-4-13)20(24)26-10-17(22)15-7-8-18-16(9-15)21-19(23)11-25-18/h3-9,12H,10-11H2,1-2H3,(H,21,23). The molecule has 0 atom stereocenters. The number of anilines is 1. The predicted octanol–water partition coefficient (Wildman–Crippen LogP) is 3.18. The molecule has 1 heterocycles. The Morgan fingerprint density at radius 1 is 1.12 bits per heavy atom. The maximum absolute atomic E-state index is 12.3. The van der Waals surface area contributed by atoms with E-state index in [9.17, 15) is 14.4 Å². The summed E-state index contributed by atoms with van der Waals surface area (Å²) in [6.45, 7) is 3.71. The molecule has 0 spiro atoms. The highest BCUT2D eigenvalue weighted by Crippen LogP contribution is 2.28. The monoisotopic (exact) mass is 353 g/mol. The van der Waals surface area contributed by atoms with Gasteiger partial charge >= 0.3 is 5.97 Å². The van der Waals surface area contributed by atoms with Crippen molar-refractivity contribution in [1.29, 1.82) is 0 Å². The van der Waals surface area contributed by atoms with Gasteiger partial charge in [-0.05, 0) is 41.8 Å². The number of esters is 1. The van der Waals surface area contributed by atoms with E-state index in [-0.39, 0.29) is 24.9 Å². The van der Waals surface area contributed by atoms with Crippen LogP contribution in [0.3, 0.4) is 0 Å². The van der Waals surface area contributed by atoms with Crippen LogP contribution in [0.5, 0.6) is 5.75 Å². The molecule has 1 aliphatic heterocycles. The Kier molecular flexibility index (Phi) is 5.02. The van der Waals surface area contributed by atoms with Crippen molar-refractivity contribution in [3.8, 4) is 5.75 Å². The smallest absolute Gasteiger partial charge is 0.338 e. The lowest BCUT2D eigenvalue weighted by Gasteiger charge is -2.18. The van der Waals surface area contributed by atoms with Gasteiger partial charge in [-0.3, -0.25) is 9.59 Å². The average molecular weight is 353 g/mol. The van der Waals surface area contributed by atoms with Crippen molar-refractivity contribution in [1.82, 2.24) is 0 Å². The first kappa shape index (κ1) is 17.7. The zero-order chi connectivity index (χ0) is 18.7. The van der Waals surface area contributed by atoms with E-state index in [1.165, 1.54) is 6.07 Å². The molecule has 3 rings (SSSR count). The third-order valence-corrected chi connectivity index (χ3v) is 4.08. The first-order valence-electron chi connectivity index (χ1n) is 8.31. The summed E-state index contributed by atoms with van der Waals surface area (Å²) in [6, 6.07) is 11.8. The first-order valence-corrected chi connectivity index (χ1v) is 8.31. The van der Waals surface area contributed by atoms with Crippen LogP contribution in [0.2, 0.25) is 0 Å². The van der Waals surface area contributed by atoms with Crippen LogP contribution in [-0.4, -0.2) is 30.9 Å². The first-order chi connectivity index (χ1) is 12.4. The van der Waals surface area contributed by atoms with Crippen LogP contribution in [0, 0.1) is 0 Å². The lowest BCUT2D eigenvalue weighted by Crippen LogP contribution is -2.25. The van der Waals surface area contributed by atoms with Crippen molar-refractivity contribution in [2.45, 2.75) is 19.8 Å². The topological polar surface area (TPSA) is 81.7 Å². The number of fused-ring (bicyclic) bond motifs is 1. The molecule has 0 bridgehead atoms. The van der Waals surface area contributed by atoms with Gasteiger partial charge in [-0.2, -0.15) is 0 Å². The third-order valence-electron chi connectivity index (χ3n) is 4.08. The van der Waals surface area contributed by atoms with E-state index >= 15 is 0 Å². The van der Waals surface area contributed by atoms with Gasteiger partial charge in [0.15, 0.2) is 19.0 Å². The summed E-state index contributed by atoms with van der Waals surface area (Å²) < 4.78 is 10.3. The zero-order valence-corrected chi connectivity index (χ0v) is 14.6. The Hall–Kier alpha value is -3.15. The number of Topliss-reactive ketones (excluding diaryl/α,β-unsaturated/α-hetero) is 1. The molecule has 2 aromatic rings. The fourth-order valence-electron chi connectivity index (χ4n) is 2.56. The summed E-state index contributed by atoms with van der Waals surface area (Å²) in [5.41, 5.74) is 2.28. The lowest BCUT2D eigenvalue weighted by molar-refractivity contribution is -0.118. The molecule has 0 saturated heterocycles. The summed E-state index contributed by atoms with van der Waals surface area (Å²) >= 11 is 0. The number of ketones is 1. The number of nitrogens with one attached hydrogen (secondary N) is 1. The third kappa shape index (κ3) is 3.91. The normalized spacial score (nSPS) is 12.8. The molecule has 1 amide bonds. The van der Waals surface area contributed by atoms with E-state index in [2.05, 4.69) is 19.2 Å². The van der Waals surface area contributed by atoms with Crippen molar-refractivity contribution < 1.29 is 23.9 Å². The van der Waals surface area contributed by atoms with Gasteiger partial charge in [0.1, 0.15) is 5.75 Å². The summed E-state index contributed by atoms with van der Waals surface area (Å²) in [5.74, 6) is -0.320. The Bertz CT molecular complexity index is 855. The second kappa shape index (κ2) is 7.39. The zero-order valence-electron chi connectivity index (χ0n) is 14.6. The van der Waals surface area contributed by atoms with Gasteiger partial charge in [0.05, 0.1) is 11.3 Å². The molecule has 0 radical (unpaired) electrons. The number of amides is 1. The summed E-state index contributed by atoms with van der Waals surface area (Å²) in [7, 11) is 0. The van der Waals surface area contributed by atoms with E-state index in [1.807, 2.05) is 12.1 Å². The summed E-state index contributed by atoms with van der Waals surface area (Å²) in [5, 5.41) is 2.64. The molecule has 0 unspecified atom stereocenters. The average Bonchev–Trinajstić information content (AvgIpc) is 2.65. The van der Waals surface area contributed by atoms with Crippen molar-refractivity contribution in [2.24, 2.45) is 0 Å². The molecule has 1 N–H and O–H groups in total. The number of ether oxygens (including phenoxy) is 2. The Morgan fingerprint density at radius 2 is 1.81 bits per heavy atom. The molecule has 6 heteroatoms.